The third kappa shape index (κ3) is 8.23. The smallest absolute Gasteiger partial charge is 0.410 e. The Morgan fingerprint density at radius 2 is 2.03 bits per heavy atom. The Labute approximate surface area is 173 Å². The van der Waals surface area contributed by atoms with E-state index in [-0.39, 0.29) is 12.0 Å². The Morgan fingerprint density at radius 1 is 1.31 bits per heavy atom. The lowest BCUT2D eigenvalue weighted by atomic mass is 9.89. The van der Waals surface area contributed by atoms with Gasteiger partial charge in [-0.25, -0.2) is 9.59 Å². The number of likely N-dealkylation sites (tertiary alicyclic amines) is 1. The van der Waals surface area contributed by atoms with Crippen molar-refractivity contribution >= 4 is 12.1 Å². The number of esters is 1. The van der Waals surface area contributed by atoms with E-state index in [1.54, 1.807) is 18.1 Å². The summed E-state index contributed by atoms with van der Waals surface area (Å²) in [5.74, 6) is 6.32. The zero-order chi connectivity index (χ0) is 21.3. The molecule has 6 nitrogen and oxygen atoms in total. The van der Waals surface area contributed by atoms with Crippen LogP contribution in [-0.4, -0.2) is 42.3 Å². The number of carbonyl (C=O) groups excluding carboxylic acids is 2. The van der Waals surface area contributed by atoms with E-state index < -0.39 is 11.6 Å². The Kier molecular flexibility index (Phi) is 8.63. The van der Waals surface area contributed by atoms with Crippen LogP contribution in [0.15, 0.2) is 22.8 Å². The van der Waals surface area contributed by atoms with Crippen molar-refractivity contribution in [1.82, 2.24) is 4.90 Å². The topological polar surface area (TPSA) is 69.0 Å². The van der Waals surface area contributed by atoms with Gasteiger partial charge in [-0.05, 0) is 65.0 Å². The molecule has 0 bridgehead atoms. The maximum atomic E-state index is 12.2. The Hall–Kier alpha value is -2.42. The molecule has 0 radical (unpaired) electrons. The zero-order valence-corrected chi connectivity index (χ0v) is 18.0. The summed E-state index contributed by atoms with van der Waals surface area (Å²) >= 11 is 0. The maximum Gasteiger partial charge on any atom is 0.410 e. The third-order valence-corrected chi connectivity index (χ3v) is 4.88. The predicted molar refractivity (Wildman–Crippen MR) is 110 cm³/mol. The molecule has 1 unspecified atom stereocenters. The average Bonchev–Trinajstić information content (AvgIpc) is 3.18. The molecule has 29 heavy (non-hydrogen) atoms. The molecule has 160 valence electrons. The van der Waals surface area contributed by atoms with E-state index in [0.29, 0.717) is 12.5 Å². The molecule has 1 aliphatic rings. The molecule has 1 atom stereocenters. The first-order valence-corrected chi connectivity index (χ1v) is 10.5. The van der Waals surface area contributed by atoms with Crippen molar-refractivity contribution in [3.05, 3.63) is 24.2 Å². The van der Waals surface area contributed by atoms with E-state index in [0.717, 1.165) is 51.0 Å². The van der Waals surface area contributed by atoms with Gasteiger partial charge < -0.3 is 18.8 Å². The highest BCUT2D eigenvalue weighted by molar-refractivity contribution is 5.88. The Balaban J connectivity index is 1.79. The molecule has 1 aromatic rings. The highest BCUT2D eigenvalue weighted by Gasteiger charge is 2.26. The number of nitrogens with zero attached hydrogens (tertiary/aromatic N) is 1. The number of hydrogen-bond acceptors (Lipinski definition) is 5. The summed E-state index contributed by atoms with van der Waals surface area (Å²) < 4.78 is 15.8. The number of furan rings is 1. The van der Waals surface area contributed by atoms with E-state index in [2.05, 4.69) is 11.8 Å². The Bertz CT molecular complexity index is 700. The van der Waals surface area contributed by atoms with Crippen molar-refractivity contribution in [2.75, 3.05) is 19.7 Å². The monoisotopic (exact) mass is 403 g/mol. The quantitative estimate of drug-likeness (QED) is 0.390. The highest BCUT2D eigenvalue weighted by Crippen LogP contribution is 2.27. The minimum atomic E-state index is -0.501. The van der Waals surface area contributed by atoms with Gasteiger partial charge in [0.05, 0.1) is 18.8 Å². The van der Waals surface area contributed by atoms with Crippen LogP contribution in [0.3, 0.4) is 0 Å². The van der Waals surface area contributed by atoms with Crippen LogP contribution in [-0.2, 0) is 14.3 Å². The van der Waals surface area contributed by atoms with Crippen LogP contribution in [0, 0.1) is 17.8 Å². The maximum absolute atomic E-state index is 12.2. The number of hydrogen-bond donors (Lipinski definition) is 0. The molecule has 0 saturated carbocycles. The molecule has 1 aromatic heterocycles. The molecule has 0 aliphatic carbocycles. The summed E-state index contributed by atoms with van der Waals surface area (Å²) in [6.45, 7) is 9.22. The zero-order valence-electron chi connectivity index (χ0n) is 18.0. The normalized spacial score (nSPS) is 15.9. The van der Waals surface area contributed by atoms with Crippen molar-refractivity contribution < 1.29 is 23.5 Å². The van der Waals surface area contributed by atoms with Gasteiger partial charge in [0, 0.05) is 19.0 Å². The molecular formula is C23H33NO5. The largest absolute Gasteiger partial charge is 0.468 e. The number of piperidine rings is 1. The fourth-order valence-electron chi connectivity index (χ4n) is 3.43. The molecule has 1 amide bonds. The molecule has 1 fully saturated rings. The van der Waals surface area contributed by atoms with E-state index >= 15 is 0 Å². The van der Waals surface area contributed by atoms with Gasteiger partial charge in [0.1, 0.15) is 11.4 Å². The van der Waals surface area contributed by atoms with E-state index in [1.165, 1.54) is 0 Å². The summed E-state index contributed by atoms with van der Waals surface area (Å²) in [6, 6.07) is 3.73. The number of rotatable bonds is 6. The van der Waals surface area contributed by atoms with Crippen LogP contribution in [0.1, 0.15) is 71.5 Å². The van der Waals surface area contributed by atoms with Crippen LogP contribution in [0.4, 0.5) is 4.79 Å². The minimum absolute atomic E-state index is 0.115. The van der Waals surface area contributed by atoms with Crippen LogP contribution in [0.25, 0.3) is 0 Å². The standard InChI is InChI=1S/C23H33NO5/c1-5-27-21(25)12-11-19(20-10-7-17-28-20)9-6-8-18-13-15-24(16-14-18)22(26)29-23(2,3)4/h7,10,17-19H,5-6,8-9,13-16H2,1-4H3. The van der Waals surface area contributed by atoms with Crippen LogP contribution >= 0.6 is 0 Å². The summed E-state index contributed by atoms with van der Waals surface area (Å²) in [7, 11) is 0. The first-order chi connectivity index (χ1) is 13.8. The average molecular weight is 404 g/mol. The van der Waals surface area contributed by atoms with Gasteiger partial charge in [-0.1, -0.05) is 18.8 Å². The second kappa shape index (κ2) is 10.9. The molecule has 0 aromatic carbocycles. The highest BCUT2D eigenvalue weighted by atomic mass is 16.6. The fourth-order valence-corrected chi connectivity index (χ4v) is 3.43. The van der Waals surface area contributed by atoms with Gasteiger partial charge in [0.15, 0.2) is 0 Å². The fraction of sp³-hybridized carbons (Fsp3) is 0.652. The summed E-state index contributed by atoms with van der Waals surface area (Å²) in [6.07, 6.45) is 6.26. The molecule has 1 saturated heterocycles. The third-order valence-electron chi connectivity index (χ3n) is 4.88. The van der Waals surface area contributed by atoms with Crippen molar-refractivity contribution in [2.24, 2.45) is 5.92 Å². The minimum Gasteiger partial charge on any atom is -0.468 e. The molecule has 1 aliphatic heterocycles. The SMILES string of the molecule is CCOC(=O)C#CC(CCCC1CCN(C(=O)OC(C)(C)C)CC1)c1ccco1. The van der Waals surface area contributed by atoms with Gasteiger partial charge in [0.2, 0.25) is 0 Å². The van der Waals surface area contributed by atoms with E-state index in [9.17, 15) is 9.59 Å². The summed E-state index contributed by atoms with van der Waals surface area (Å²) in [5.41, 5.74) is -0.459. The second-order valence-corrected chi connectivity index (χ2v) is 8.40. The van der Waals surface area contributed by atoms with Gasteiger partial charge in [-0.3, -0.25) is 0 Å². The van der Waals surface area contributed by atoms with Gasteiger partial charge in [-0.15, -0.1) is 0 Å². The van der Waals surface area contributed by atoms with E-state index in [4.69, 9.17) is 13.9 Å². The lowest BCUT2D eigenvalue weighted by Crippen LogP contribution is -2.41. The summed E-state index contributed by atoms with van der Waals surface area (Å²) in [5, 5.41) is 0. The molecule has 0 N–H and O–H groups in total. The second-order valence-electron chi connectivity index (χ2n) is 8.40. The van der Waals surface area contributed by atoms with Crippen molar-refractivity contribution in [2.45, 2.75) is 71.3 Å². The van der Waals surface area contributed by atoms with Crippen molar-refractivity contribution in [1.29, 1.82) is 0 Å². The van der Waals surface area contributed by atoms with Crippen molar-refractivity contribution in [3.8, 4) is 11.8 Å². The predicted octanol–water partition coefficient (Wildman–Crippen LogP) is 4.75. The number of ether oxygens (including phenoxy) is 2. The lowest BCUT2D eigenvalue weighted by Gasteiger charge is -2.33. The van der Waals surface area contributed by atoms with E-state index in [1.807, 2.05) is 32.9 Å². The molecule has 2 heterocycles. The summed E-state index contributed by atoms with van der Waals surface area (Å²) in [4.78, 5) is 25.5. The molecular weight excluding hydrogens is 370 g/mol. The van der Waals surface area contributed by atoms with Crippen molar-refractivity contribution in [3.63, 3.8) is 0 Å². The number of carbonyl (C=O) groups is 2. The lowest BCUT2D eigenvalue weighted by molar-refractivity contribution is -0.136. The van der Waals surface area contributed by atoms with Gasteiger partial charge in [-0.2, -0.15) is 0 Å². The molecule has 0 spiro atoms. The first kappa shape index (κ1) is 22.9. The van der Waals surface area contributed by atoms with Gasteiger partial charge >= 0.3 is 12.1 Å². The van der Waals surface area contributed by atoms with Crippen LogP contribution in [0.5, 0.6) is 0 Å². The van der Waals surface area contributed by atoms with Crippen LogP contribution in [0.2, 0.25) is 0 Å². The van der Waals surface area contributed by atoms with Gasteiger partial charge in [0.25, 0.3) is 0 Å². The number of amides is 1. The first-order valence-electron chi connectivity index (χ1n) is 10.5. The Morgan fingerprint density at radius 3 is 2.62 bits per heavy atom. The molecule has 6 heteroatoms. The molecule has 2 rings (SSSR count). The van der Waals surface area contributed by atoms with Crippen LogP contribution < -0.4 is 0 Å².